The fourth-order valence-electron chi connectivity index (χ4n) is 1.67. The summed E-state index contributed by atoms with van der Waals surface area (Å²) in [5.41, 5.74) is 3.83. The number of rotatable bonds is 3. The summed E-state index contributed by atoms with van der Waals surface area (Å²) in [5.74, 6) is -0.161. The van der Waals surface area contributed by atoms with Crippen molar-refractivity contribution in [3.8, 4) is 0 Å². The van der Waals surface area contributed by atoms with Crippen LogP contribution < -0.4 is 5.32 Å². The molecule has 0 fully saturated rings. The highest BCUT2D eigenvalue weighted by Gasteiger charge is 1.99. The van der Waals surface area contributed by atoms with Gasteiger partial charge >= 0.3 is 0 Å². The molecule has 0 unspecified atom stereocenters. The van der Waals surface area contributed by atoms with E-state index in [2.05, 4.69) is 10.3 Å². The van der Waals surface area contributed by atoms with Gasteiger partial charge in [-0.1, -0.05) is 12.1 Å². The number of hydrogen-bond acceptors (Lipinski definition) is 2. The van der Waals surface area contributed by atoms with Crippen molar-refractivity contribution in [1.29, 1.82) is 0 Å². The van der Waals surface area contributed by atoms with Crippen molar-refractivity contribution in [2.24, 2.45) is 0 Å². The van der Waals surface area contributed by atoms with Crippen LogP contribution in [-0.4, -0.2) is 4.98 Å². The molecule has 0 spiro atoms. The Morgan fingerprint density at radius 1 is 1.18 bits per heavy atom. The molecule has 1 aromatic heterocycles. The molecule has 0 saturated heterocycles. The Morgan fingerprint density at radius 2 is 2.00 bits per heavy atom. The zero-order valence-electron chi connectivity index (χ0n) is 10.00. The van der Waals surface area contributed by atoms with E-state index < -0.39 is 0 Å². The lowest BCUT2D eigenvalue weighted by Gasteiger charge is -2.07. The third-order valence-corrected chi connectivity index (χ3v) is 2.59. The molecule has 0 aliphatic carbocycles. The van der Waals surface area contributed by atoms with Gasteiger partial charge in [0.2, 0.25) is 0 Å². The zero-order chi connectivity index (χ0) is 12.3. The van der Waals surface area contributed by atoms with Crippen LogP contribution in [0, 0.1) is 19.7 Å². The number of aryl methyl sites for hydroxylation is 2. The van der Waals surface area contributed by atoms with Crippen molar-refractivity contribution >= 4 is 5.69 Å². The quantitative estimate of drug-likeness (QED) is 0.873. The summed E-state index contributed by atoms with van der Waals surface area (Å²) in [6.07, 6.45) is 3.59. The van der Waals surface area contributed by atoms with Gasteiger partial charge in [0.1, 0.15) is 5.82 Å². The van der Waals surface area contributed by atoms with Gasteiger partial charge in [-0.05, 0) is 42.7 Å². The Kier molecular flexibility index (Phi) is 3.38. The van der Waals surface area contributed by atoms with Crippen LogP contribution in [0.3, 0.4) is 0 Å². The van der Waals surface area contributed by atoms with Gasteiger partial charge in [-0.25, -0.2) is 4.39 Å². The Morgan fingerprint density at radius 3 is 2.71 bits per heavy atom. The average Bonchev–Trinajstić information content (AvgIpc) is 2.31. The van der Waals surface area contributed by atoms with E-state index in [0.717, 1.165) is 16.8 Å². The first-order chi connectivity index (χ1) is 8.15. The molecular weight excluding hydrogens is 215 g/mol. The van der Waals surface area contributed by atoms with E-state index in [1.54, 1.807) is 19.2 Å². The van der Waals surface area contributed by atoms with Gasteiger partial charge in [0.15, 0.2) is 0 Å². The van der Waals surface area contributed by atoms with Crippen LogP contribution in [0.2, 0.25) is 0 Å². The van der Waals surface area contributed by atoms with Crippen LogP contribution in [-0.2, 0) is 6.54 Å². The highest BCUT2D eigenvalue weighted by Crippen LogP contribution is 2.12. The Balaban J connectivity index is 2.05. The Bertz CT molecular complexity index is 523. The second kappa shape index (κ2) is 4.95. The van der Waals surface area contributed by atoms with Crippen molar-refractivity contribution in [3.05, 3.63) is 59.2 Å². The molecule has 0 aliphatic rings. The zero-order valence-corrected chi connectivity index (χ0v) is 10.00. The Hall–Kier alpha value is -1.90. The molecule has 2 nitrogen and oxygen atoms in total. The lowest BCUT2D eigenvalue weighted by molar-refractivity contribution is 0.617. The highest BCUT2D eigenvalue weighted by molar-refractivity contribution is 5.43. The molecule has 1 N–H and O–H groups in total. The summed E-state index contributed by atoms with van der Waals surface area (Å²) in [4.78, 5) is 4.11. The standard InChI is InChI=1S/C14H15FN2/c1-10-5-13(9-16-7-10)17-8-12-3-4-14(15)11(2)6-12/h3-7,9,17H,8H2,1-2H3. The first-order valence-corrected chi connectivity index (χ1v) is 5.56. The van der Waals surface area contributed by atoms with E-state index >= 15 is 0 Å². The number of aromatic nitrogens is 1. The lowest BCUT2D eigenvalue weighted by atomic mass is 10.1. The minimum Gasteiger partial charge on any atom is -0.380 e. The van der Waals surface area contributed by atoms with E-state index in [9.17, 15) is 4.39 Å². The predicted octanol–water partition coefficient (Wildman–Crippen LogP) is 3.45. The van der Waals surface area contributed by atoms with Crippen LogP contribution in [0.1, 0.15) is 16.7 Å². The smallest absolute Gasteiger partial charge is 0.126 e. The van der Waals surface area contributed by atoms with E-state index in [4.69, 9.17) is 0 Å². The van der Waals surface area contributed by atoms with Crippen molar-refractivity contribution in [2.75, 3.05) is 5.32 Å². The van der Waals surface area contributed by atoms with E-state index in [1.165, 1.54) is 6.07 Å². The van der Waals surface area contributed by atoms with E-state index in [-0.39, 0.29) is 5.82 Å². The van der Waals surface area contributed by atoms with Crippen molar-refractivity contribution in [2.45, 2.75) is 20.4 Å². The molecule has 2 aromatic rings. The van der Waals surface area contributed by atoms with E-state index in [1.807, 2.05) is 25.3 Å². The van der Waals surface area contributed by atoms with E-state index in [0.29, 0.717) is 12.1 Å². The largest absolute Gasteiger partial charge is 0.380 e. The van der Waals surface area contributed by atoms with Crippen molar-refractivity contribution in [1.82, 2.24) is 4.98 Å². The summed E-state index contributed by atoms with van der Waals surface area (Å²) in [5, 5.41) is 3.26. The summed E-state index contributed by atoms with van der Waals surface area (Å²) < 4.78 is 13.1. The fraction of sp³-hybridized carbons (Fsp3) is 0.214. The monoisotopic (exact) mass is 230 g/mol. The minimum absolute atomic E-state index is 0.161. The molecule has 0 aliphatic heterocycles. The summed E-state index contributed by atoms with van der Waals surface area (Å²) in [7, 11) is 0. The second-order valence-electron chi connectivity index (χ2n) is 4.19. The molecule has 2 rings (SSSR count). The summed E-state index contributed by atoms with van der Waals surface area (Å²) in [6, 6.07) is 7.17. The number of nitrogens with zero attached hydrogens (tertiary/aromatic N) is 1. The Labute approximate surface area is 101 Å². The van der Waals surface area contributed by atoms with Gasteiger partial charge < -0.3 is 5.32 Å². The van der Waals surface area contributed by atoms with Crippen LogP contribution >= 0.6 is 0 Å². The maximum atomic E-state index is 13.1. The van der Waals surface area contributed by atoms with Gasteiger partial charge in [-0.3, -0.25) is 4.98 Å². The molecule has 3 heteroatoms. The average molecular weight is 230 g/mol. The second-order valence-corrected chi connectivity index (χ2v) is 4.19. The number of hydrogen-bond donors (Lipinski definition) is 1. The van der Waals surface area contributed by atoms with Crippen molar-refractivity contribution < 1.29 is 4.39 Å². The number of anilines is 1. The molecule has 0 bridgehead atoms. The van der Waals surface area contributed by atoms with Gasteiger partial charge in [0.25, 0.3) is 0 Å². The topological polar surface area (TPSA) is 24.9 Å². The number of benzene rings is 1. The van der Waals surface area contributed by atoms with Crippen LogP contribution in [0.15, 0.2) is 36.7 Å². The summed E-state index contributed by atoms with van der Waals surface area (Å²) in [6.45, 7) is 4.44. The summed E-state index contributed by atoms with van der Waals surface area (Å²) >= 11 is 0. The molecule has 1 heterocycles. The maximum absolute atomic E-state index is 13.1. The van der Waals surface area contributed by atoms with Crippen LogP contribution in [0.25, 0.3) is 0 Å². The molecule has 0 radical (unpaired) electrons. The lowest BCUT2D eigenvalue weighted by Crippen LogP contribution is -2.00. The fourth-order valence-corrected chi connectivity index (χ4v) is 1.67. The molecule has 0 amide bonds. The number of pyridine rings is 1. The number of nitrogens with one attached hydrogen (secondary N) is 1. The highest BCUT2D eigenvalue weighted by atomic mass is 19.1. The molecule has 0 atom stereocenters. The van der Waals surface area contributed by atoms with Crippen LogP contribution in [0.5, 0.6) is 0 Å². The number of halogens is 1. The molecule has 17 heavy (non-hydrogen) atoms. The van der Waals surface area contributed by atoms with Gasteiger partial charge in [-0.2, -0.15) is 0 Å². The first-order valence-electron chi connectivity index (χ1n) is 5.56. The predicted molar refractivity (Wildman–Crippen MR) is 67.4 cm³/mol. The minimum atomic E-state index is -0.161. The molecule has 88 valence electrons. The SMILES string of the molecule is Cc1cncc(NCc2ccc(F)c(C)c2)c1. The maximum Gasteiger partial charge on any atom is 0.126 e. The normalized spacial score (nSPS) is 10.3. The van der Waals surface area contributed by atoms with Gasteiger partial charge in [-0.15, -0.1) is 0 Å². The van der Waals surface area contributed by atoms with Gasteiger partial charge in [0, 0.05) is 18.9 Å². The first kappa shape index (κ1) is 11.6. The molecule has 1 aromatic carbocycles. The van der Waals surface area contributed by atoms with Gasteiger partial charge in [0.05, 0.1) is 5.69 Å². The van der Waals surface area contributed by atoms with Crippen molar-refractivity contribution in [3.63, 3.8) is 0 Å². The molecular formula is C14H15FN2. The third-order valence-electron chi connectivity index (χ3n) is 2.59. The third kappa shape index (κ3) is 3.03. The molecule has 0 saturated carbocycles. The van der Waals surface area contributed by atoms with Crippen LogP contribution in [0.4, 0.5) is 10.1 Å².